The van der Waals surface area contributed by atoms with Crippen LogP contribution in [0.15, 0.2) is 48.5 Å². The highest BCUT2D eigenvalue weighted by Crippen LogP contribution is 2.24. The Morgan fingerprint density at radius 1 is 0.950 bits per heavy atom. The van der Waals surface area contributed by atoms with Crippen molar-refractivity contribution >= 4 is 29.6 Å². The molecule has 0 atom stereocenters. The minimum Gasteiger partial charge on any atom is -0.454 e. The monoisotopic (exact) mass is 340 g/mol. The van der Waals surface area contributed by atoms with Gasteiger partial charge in [0.25, 0.3) is 0 Å². The van der Waals surface area contributed by atoms with Crippen LogP contribution in [0.4, 0.5) is 8.78 Å². The number of halogens is 4. The van der Waals surface area contributed by atoms with E-state index in [2.05, 4.69) is 21.4 Å². The van der Waals surface area contributed by atoms with E-state index < -0.39 is 19.9 Å². The molecule has 0 spiro atoms. The zero-order chi connectivity index (χ0) is 15.2. The summed E-state index contributed by atoms with van der Waals surface area (Å²) < 4.78 is 49.3. The average Bonchev–Trinajstić information content (AvgIpc) is 2.32. The van der Waals surface area contributed by atoms with Gasteiger partial charge in [-0.2, -0.15) is 8.42 Å². The fourth-order valence-corrected chi connectivity index (χ4v) is 1.17. The topological polar surface area (TPSA) is 43.4 Å². The van der Waals surface area contributed by atoms with Gasteiger partial charge in [-0.25, -0.2) is 8.78 Å². The van der Waals surface area contributed by atoms with Crippen molar-refractivity contribution < 1.29 is 21.9 Å². The number of hydrogen-bond donors (Lipinski definition) is 0. The Labute approximate surface area is 123 Å². The van der Waals surface area contributed by atoms with Crippen LogP contribution < -0.4 is 4.74 Å². The zero-order valence-electron chi connectivity index (χ0n) is 9.76. The Hall–Kier alpha value is -1.37. The number of rotatable bonds is 2. The Morgan fingerprint density at radius 2 is 1.50 bits per heavy atom. The van der Waals surface area contributed by atoms with Crippen molar-refractivity contribution in [3.05, 3.63) is 60.2 Å². The molecule has 0 bridgehead atoms. The lowest BCUT2D eigenvalue weighted by Gasteiger charge is -2.05. The summed E-state index contributed by atoms with van der Waals surface area (Å²) in [4.78, 5) is 0. The second-order valence-corrected chi connectivity index (χ2v) is 7.04. The van der Waals surface area contributed by atoms with E-state index >= 15 is 0 Å². The first-order valence-electron chi connectivity index (χ1n) is 5.08. The molecule has 8 heteroatoms. The third kappa shape index (κ3) is 7.28. The third-order valence-electron chi connectivity index (χ3n) is 1.86. The fraction of sp³-hybridized carbons (Fsp3) is 0. The van der Waals surface area contributed by atoms with Crippen LogP contribution in [-0.2, 0) is 8.26 Å². The van der Waals surface area contributed by atoms with Crippen molar-refractivity contribution in [1.82, 2.24) is 0 Å². The van der Waals surface area contributed by atoms with E-state index in [1.165, 1.54) is 6.07 Å². The van der Waals surface area contributed by atoms with Gasteiger partial charge in [-0.15, -0.1) is 0 Å². The third-order valence-corrected chi connectivity index (χ3v) is 1.86. The smallest absolute Gasteiger partial charge is 0.317 e. The molecule has 0 aliphatic rings. The van der Waals surface area contributed by atoms with Gasteiger partial charge < -0.3 is 4.74 Å². The van der Waals surface area contributed by atoms with Crippen LogP contribution >= 0.6 is 21.4 Å². The minimum absolute atomic E-state index is 0.0163. The molecule has 0 saturated carbocycles. The van der Waals surface area contributed by atoms with Crippen molar-refractivity contribution in [3.63, 3.8) is 0 Å². The normalized spacial score (nSPS) is 10.4. The predicted molar refractivity (Wildman–Crippen MR) is 73.5 cm³/mol. The van der Waals surface area contributed by atoms with E-state index in [-0.39, 0.29) is 5.75 Å². The van der Waals surface area contributed by atoms with Crippen molar-refractivity contribution in [3.8, 4) is 11.5 Å². The van der Waals surface area contributed by atoms with Gasteiger partial charge in [0.2, 0.25) is 0 Å². The molecular weight excluding hydrogens is 333 g/mol. The second-order valence-electron chi connectivity index (χ2n) is 3.37. The summed E-state index contributed by atoms with van der Waals surface area (Å²) in [6.07, 6.45) is 0. The molecule has 0 aliphatic heterocycles. The summed E-state index contributed by atoms with van der Waals surface area (Å²) in [5, 5.41) is 0. The number of hydrogen-bond acceptors (Lipinski definition) is 3. The molecule has 0 aliphatic carbocycles. The average molecular weight is 341 g/mol. The highest BCUT2D eigenvalue weighted by Gasteiger charge is 2.05. The highest BCUT2D eigenvalue weighted by atomic mass is 36.0. The molecule has 0 amide bonds. The highest BCUT2D eigenvalue weighted by molar-refractivity contribution is 8.31. The Balaban J connectivity index is 0.000000347. The molecule has 2 rings (SSSR count). The van der Waals surface area contributed by atoms with Gasteiger partial charge >= 0.3 is 8.26 Å². The summed E-state index contributed by atoms with van der Waals surface area (Å²) in [5.74, 6) is -0.794. The molecule has 0 fully saturated rings. The van der Waals surface area contributed by atoms with Crippen LogP contribution in [0.5, 0.6) is 11.5 Å². The van der Waals surface area contributed by atoms with Crippen LogP contribution in [-0.4, -0.2) is 8.42 Å². The van der Waals surface area contributed by atoms with Crippen molar-refractivity contribution in [2.24, 2.45) is 0 Å². The summed E-state index contributed by atoms with van der Waals surface area (Å²) in [5.41, 5.74) is 0. The minimum atomic E-state index is -3.72. The predicted octanol–water partition coefficient (Wildman–Crippen LogP) is 4.47. The summed E-state index contributed by atoms with van der Waals surface area (Å²) in [6.45, 7) is 0. The molecule has 2 aromatic carbocycles. The van der Waals surface area contributed by atoms with Crippen LogP contribution in [0.25, 0.3) is 0 Å². The first kappa shape index (κ1) is 16.7. The van der Waals surface area contributed by atoms with Gasteiger partial charge in [0.1, 0.15) is 11.6 Å². The van der Waals surface area contributed by atoms with Gasteiger partial charge in [0.05, 0.1) is 0 Å². The SMILES string of the molecule is Fc1ccc(Oc2ccccc2)c(F)c1.O=S(=O)(Cl)Cl. The Morgan fingerprint density at radius 3 is 2.00 bits per heavy atom. The maximum Gasteiger partial charge on any atom is 0.317 e. The number of benzene rings is 2. The maximum absolute atomic E-state index is 13.2. The van der Waals surface area contributed by atoms with E-state index in [1.807, 2.05) is 6.07 Å². The van der Waals surface area contributed by atoms with E-state index in [0.717, 1.165) is 12.1 Å². The fourth-order valence-electron chi connectivity index (χ4n) is 1.17. The largest absolute Gasteiger partial charge is 0.454 e. The molecule has 0 heterocycles. The molecule has 0 aromatic heterocycles. The van der Waals surface area contributed by atoms with Crippen LogP contribution in [0.1, 0.15) is 0 Å². The van der Waals surface area contributed by atoms with Gasteiger partial charge in [0.15, 0.2) is 11.6 Å². The van der Waals surface area contributed by atoms with Gasteiger partial charge in [0, 0.05) is 27.4 Å². The van der Waals surface area contributed by atoms with Crippen molar-refractivity contribution in [2.75, 3.05) is 0 Å². The van der Waals surface area contributed by atoms with E-state index in [4.69, 9.17) is 13.2 Å². The molecule has 108 valence electrons. The molecule has 0 radical (unpaired) electrons. The summed E-state index contributed by atoms with van der Waals surface area (Å²) >= 11 is 0. The zero-order valence-corrected chi connectivity index (χ0v) is 12.1. The lowest BCUT2D eigenvalue weighted by molar-refractivity contribution is 0.437. The Bertz CT molecular complexity index is 656. The lowest BCUT2D eigenvalue weighted by atomic mass is 10.3. The molecule has 3 nitrogen and oxygen atoms in total. The van der Waals surface area contributed by atoms with Crippen LogP contribution in [0.2, 0.25) is 0 Å². The summed E-state index contributed by atoms with van der Waals surface area (Å²) in [7, 11) is 4.81. The van der Waals surface area contributed by atoms with Crippen LogP contribution in [0, 0.1) is 11.6 Å². The van der Waals surface area contributed by atoms with Crippen molar-refractivity contribution in [2.45, 2.75) is 0 Å². The molecule has 0 saturated heterocycles. The number of para-hydroxylation sites is 1. The summed E-state index contributed by atoms with van der Waals surface area (Å²) in [6, 6.07) is 12.0. The molecule has 20 heavy (non-hydrogen) atoms. The molecule has 2 aromatic rings. The first-order valence-corrected chi connectivity index (χ1v) is 8.21. The molecular formula is C12H8Cl2F2O3S. The van der Waals surface area contributed by atoms with Gasteiger partial charge in [-0.1, -0.05) is 18.2 Å². The number of ether oxygens (including phenoxy) is 1. The lowest BCUT2D eigenvalue weighted by Crippen LogP contribution is -1.88. The Kier molecular flexibility index (Phi) is 6.19. The van der Waals surface area contributed by atoms with E-state index in [0.29, 0.717) is 5.75 Å². The van der Waals surface area contributed by atoms with Gasteiger partial charge in [-0.05, 0) is 24.3 Å². The molecule has 0 unspecified atom stereocenters. The second kappa shape index (κ2) is 7.42. The maximum atomic E-state index is 13.2. The van der Waals surface area contributed by atoms with E-state index in [9.17, 15) is 8.78 Å². The first-order chi connectivity index (χ1) is 9.25. The molecule has 0 N–H and O–H groups in total. The van der Waals surface area contributed by atoms with Crippen LogP contribution in [0.3, 0.4) is 0 Å². The quantitative estimate of drug-likeness (QED) is 0.757. The van der Waals surface area contributed by atoms with E-state index in [1.54, 1.807) is 24.3 Å². The standard InChI is InChI=1S/C12H8F2O.Cl2O2S/c13-9-6-7-12(11(14)8-9)15-10-4-2-1-3-5-10;1-5(2,3)4/h1-8H;. The van der Waals surface area contributed by atoms with Crippen molar-refractivity contribution in [1.29, 1.82) is 0 Å². The van der Waals surface area contributed by atoms with Gasteiger partial charge in [-0.3, -0.25) is 0 Å².